The molecular formula is C23H17BrFN3O2. The number of nitrogens with zero attached hydrogens (tertiary/aromatic N) is 2. The second-order valence-corrected chi connectivity index (χ2v) is 7.76. The maximum absolute atomic E-state index is 13.3. The van der Waals surface area contributed by atoms with Crippen molar-refractivity contribution in [3.8, 4) is 0 Å². The number of aromatic nitrogens is 2. The molecule has 4 rings (SSSR count). The van der Waals surface area contributed by atoms with E-state index in [1.807, 2.05) is 19.1 Å². The zero-order chi connectivity index (χ0) is 21.3. The van der Waals surface area contributed by atoms with Crippen LogP contribution in [0.4, 0.5) is 10.1 Å². The highest BCUT2D eigenvalue weighted by molar-refractivity contribution is 9.10. The van der Waals surface area contributed by atoms with Gasteiger partial charge in [0.25, 0.3) is 11.5 Å². The SMILES string of the molecule is Cc1cc(NC(=O)c2cc3cccnc3n(Cc3ccc(F)cc3)c2=O)ccc1Br. The standard InChI is InChI=1S/C23H17BrFN3O2/c1-14-11-18(8-9-20(14)24)27-22(29)19-12-16-3-2-10-26-21(16)28(23(19)30)13-15-4-6-17(25)7-5-15/h2-12H,13H2,1H3,(H,27,29). The van der Waals surface area contributed by atoms with Crippen LogP contribution in [0.5, 0.6) is 0 Å². The van der Waals surface area contributed by atoms with E-state index in [9.17, 15) is 14.0 Å². The molecule has 2 aromatic heterocycles. The molecule has 150 valence electrons. The fourth-order valence-electron chi connectivity index (χ4n) is 3.21. The number of amides is 1. The lowest BCUT2D eigenvalue weighted by Gasteiger charge is -2.13. The average Bonchev–Trinajstić information content (AvgIpc) is 2.74. The summed E-state index contributed by atoms with van der Waals surface area (Å²) in [6.45, 7) is 2.09. The molecule has 0 bridgehead atoms. The highest BCUT2D eigenvalue weighted by Crippen LogP contribution is 2.21. The number of carbonyl (C=O) groups is 1. The van der Waals surface area contributed by atoms with Gasteiger partial charge in [-0.1, -0.05) is 28.1 Å². The van der Waals surface area contributed by atoms with Gasteiger partial charge in [0.05, 0.1) is 6.54 Å². The van der Waals surface area contributed by atoms with Gasteiger partial charge in [-0.25, -0.2) is 9.37 Å². The molecule has 1 amide bonds. The second kappa shape index (κ2) is 8.20. The first kappa shape index (κ1) is 20.0. The van der Waals surface area contributed by atoms with Gasteiger partial charge in [-0.2, -0.15) is 0 Å². The van der Waals surface area contributed by atoms with Crippen LogP contribution >= 0.6 is 15.9 Å². The molecule has 5 nitrogen and oxygen atoms in total. The molecule has 0 spiro atoms. The zero-order valence-corrected chi connectivity index (χ0v) is 17.6. The molecule has 0 fully saturated rings. The summed E-state index contributed by atoms with van der Waals surface area (Å²) < 4.78 is 15.6. The van der Waals surface area contributed by atoms with Gasteiger partial charge in [0, 0.05) is 21.7 Å². The number of halogens is 2. The molecule has 0 aliphatic rings. The molecule has 0 unspecified atom stereocenters. The number of hydrogen-bond donors (Lipinski definition) is 1. The Morgan fingerprint density at radius 3 is 2.63 bits per heavy atom. The van der Waals surface area contributed by atoms with Crippen LogP contribution in [0.3, 0.4) is 0 Å². The summed E-state index contributed by atoms with van der Waals surface area (Å²) in [5.74, 6) is -0.854. The van der Waals surface area contributed by atoms with Crippen molar-refractivity contribution in [3.63, 3.8) is 0 Å². The Morgan fingerprint density at radius 1 is 1.13 bits per heavy atom. The fraction of sp³-hybridized carbons (Fsp3) is 0.0870. The van der Waals surface area contributed by atoms with Gasteiger partial charge in [-0.3, -0.25) is 14.2 Å². The number of benzene rings is 2. The number of pyridine rings is 2. The van der Waals surface area contributed by atoms with E-state index in [0.717, 1.165) is 15.6 Å². The van der Waals surface area contributed by atoms with Crippen LogP contribution in [-0.4, -0.2) is 15.5 Å². The topological polar surface area (TPSA) is 64.0 Å². The summed E-state index contributed by atoms with van der Waals surface area (Å²) in [6, 6.07) is 16.4. The summed E-state index contributed by atoms with van der Waals surface area (Å²) in [4.78, 5) is 30.4. The van der Waals surface area contributed by atoms with Crippen molar-refractivity contribution in [1.29, 1.82) is 0 Å². The predicted octanol–water partition coefficient (Wildman–Crippen LogP) is 4.91. The Bertz CT molecular complexity index is 1320. The lowest BCUT2D eigenvalue weighted by atomic mass is 10.1. The van der Waals surface area contributed by atoms with Gasteiger partial charge in [0.15, 0.2) is 0 Å². The number of carbonyl (C=O) groups excluding carboxylic acids is 1. The van der Waals surface area contributed by atoms with Crippen LogP contribution in [0, 0.1) is 12.7 Å². The minimum atomic E-state index is -0.500. The molecule has 7 heteroatoms. The van der Waals surface area contributed by atoms with E-state index in [1.54, 1.807) is 42.6 Å². The van der Waals surface area contributed by atoms with Crippen molar-refractivity contribution < 1.29 is 9.18 Å². The minimum Gasteiger partial charge on any atom is -0.322 e. The second-order valence-electron chi connectivity index (χ2n) is 6.91. The molecule has 0 radical (unpaired) electrons. The monoisotopic (exact) mass is 465 g/mol. The van der Waals surface area contributed by atoms with Crippen molar-refractivity contribution >= 4 is 38.6 Å². The molecular weight excluding hydrogens is 449 g/mol. The number of anilines is 1. The number of aryl methyl sites for hydroxylation is 1. The van der Waals surface area contributed by atoms with Crippen molar-refractivity contribution in [2.24, 2.45) is 0 Å². The maximum atomic E-state index is 13.3. The van der Waals surface area contributed by atoms with Crippen LogP contribution in [-0.2, 0) is 6.54 Å². The van der Waals surface area contributed by atoms with Gasteiger partial charge in [0.2, 0.25) is 0 Å². The van der Waals surface area contributed by atoms with E-state index in [2.05, 4.69) is 26.2 Å². The summed E-state index contributed by atoms with van der Waals surface area (Å²) in [7, 11) is 0. The molecule has 4 aromatic rings. The van der Waals surface area contributed by atoms with Gasteiger partial charge in [-0.05, 0) is 66.6 Å². The Morgan fingerprint density at radius 2 is 1.90 bits per heavy atom. The summed E-state index contributed by atoms with van der Waals surface area (Å²) in [5.41, 5.74) is 2.30. The maximum Gasteiger partial charge on any atom is 0.265 e. The van der Waals surface area contributed by atoms with Gasteiger partial charge >= 0.3 is 0 Å². The van der Waals surface area contributed by atoms with E-state index >= 15 is 0 Å². The Balaban J connectivity index is 1.77. The predicted molar refractivity (Wildman–Crippen MR) is 118 cm³/mol. The first-order valence-electron chi connectivity index (χ1n) is 9.23. The van der Waals surface area contributed by atoms with Gasteiger partial charge in [0.1, 0.15) is 17.0 Å². The lowest BCUT2D eigenvalue weighted by molar-refractivity contribution is 0.102. The normalized spacial score (nSPS) is 10.9. The lowest BCUT2D eigenvalue weighted by Crippen LogP contribution is -2.30. The fourth-order valence-corrected chi connectivity index (χ4v) is 3.46. The molecule has 0 aliphatic heterocycles. The van der Waals surface area contributed by atoms with Crippen LogP contribution in [0.25, 0.3) is 11.0 Å². The number of hydrogen-bond acceptors (Lipinski definition) is 3. The molecule has 30 heavy (non-hydrogen) atoms. The van der Waals surface area contributed by atoms with Gasteiger partial charge < -0.3 is 5.32 Å². The third-order valence-electron chi connectivity index (χ3n) is 4.76. The Kier molecular flexibility index (Phi) is 5.46. The van der Waals surface area contributed by atoms with E-state index in [0.29, 0.717) is 16.7 Å². The number of fused-ring (bicyclic) bond motifs is 1. The van der Waals surface area contributed by atoms with E-state index in [4.69, 9.17) is 0 Å². The molecule has 1 N–H and O–H groups in total. The third-order valence-corrected chi connectivity index (χ3v) is 5.65. The highest BCUT2D eigenvalue weighted by atomic mass is 79.9. The van der Waals surface area contributed by atoms with E-state index in [-0.39, 0.29) is 17.9 Å². The summed E-state index contributed by atoms with van der Waals surface area (Å²) in [5, 5.41) is 3.45. The molecule has 0 atom stereocenters. The highest BCUT2D eigenvalue weighted by Gasteiger charge is 2.17. The van der Waals surface area contributed by atoms with Crippen LogP contribution in [0.15, 0.2) is 76.1 Å². The van der Waals surface area contributed by atoms with Crippen molar-refractivity contribution in [3.05, 3.63) is 104 Å². The van der Waals surface area contributed by atoms with Crippen LogP contribution in [0.1, 0.15) is 21.5 Å². The quantitative estimate of drug-likeness (QED) is 0.465. The van der Waals surface area contributed by atoms with E-state index in [1.165, 1.54) is 16.7 Å². The Hall–Kier alpha value is -3.32. The zero-order valence-electron chi connectivity index (χ0n) is 16.0. The summed E-state index contributed by atoms with van der Waals surface area (Å²) >= 11 is 3.43. The average molecular weight is 466 g/mol. The van der Waals surface area contributed by atoms with Crippen LogP contribution in [0.2, 0.25) is 0 Å². The molecule has 2 heterocycles. The molecule has 0 saturated heterocycles. The third kappa shape index (κ3) is 4.02. The van der Waals surface area contributed by atoms with Crippen molar-refractivity contribution in [2.45, 2.75) is 13.5 Å². The largest absolute Gasteiger partial charge is 0.322 e. The molecule has 0 aliphatic carbocycles. The van der Waals surface area contributed by atoms with Crippen molar-refractivity contribution in [1.82, 2.24) is 9.55 Å². The molecule has 0 saturated carbocycles. The van der Waals surface area contributed by atoms with Crippen molar-refractivity contribution in [2.75, 3.05) is 5.32 Å². The number of nitrogens with one attached hydrogen (secondary N) is 1. The smallest absolute Gasteiger partial charge is 0.265 e. The van der Waals surface area contributed by atoms with Crippen LogP contribution < -0.4 is 10.9 Å². The van der Waals surface area contributed by atoms with E-state index < -0.39 is 11.5 Å². The summed E-state index contributed by atoms with van der Waals surface area (Å²) in [6.07, 6.45) is 1.59. The first-order chi connectivity index (χ1) is 14.4. The van der Waals surface area contributed by atoms with Gasteiger partial charge in [-0.15, -0.1) is 0 Å². The minimum absolute atomic E-state index is 0.0122. The Labute approximate surface area is 180 Å². The molecule has 2 aromatic carbocycles. The number of rotatable bonds is 4. The first-order valence-corrected chi connectivity index (χ1v) is 10.0.